The van der Waals surface area contributed by atoms with Crippen LogP contribution in [0.3, 0.4) is 0 Å². The molecule has 0 radical (unpaired) electrons. The Kier molecular flexibility index (Phi) is 10.9. The fourth-order valence-corrected chi connectivity index (χ4v) is 8.56. The summed E-state index contributed by atoms with van der Waals surface area (Å²) < 4.78 is 58.6. The molecular formula is C38H48F3N5O5S. The third-order valence-corrected chi connectivity index (χ3v) is 11.3. The van der Waals surface area contributed by atoms with E-state index in [1.165, 1.54) is 23.7 Å². The summed E-state index contributed by atoms with van der Waals surface area (Å²) in [5, 5.41) is 2.95. The van der Waals surface area contributed by atoms with Gasteiger partial charge in [-0.3, -0.25) is 14.5 Å². The average Bonchev–Trinajstić information content (AvgIpc) is 3.45. The SMILES string of the molecule is CSc1cc(C)[nH]c(=O)c1CNC(=O)c1cc(-c2ccc(N3C[C@@H](C)O[C@@H](C)C3)nc2)c2c(c1C)OC(C)(C1CCC(N(C)CC(F)(F)F)CC1)O2. The predicted molar refractivity (Wildman–Crippen MR) is 195 cm³/mol. The number of anilines is 1. The predicted octanol–water partition coefficient (Wildman–Crippen LogP) is 6.86. The molecule has 3 aliphatic rings. The number of benzene rings is 1. The number of thioether (sulfide) groups is 1. The number of pyridine rings is 2. The van der Waals surface area contributed by atoms with Gasteiger partial charge in [0.25, 0.3) is 17.3 Å². The Morgan fingerprint density at radius 1 is 1.10 bits per heavy atom. The molecule has 1 unspecified atom stereocenters. The maximum atomic E-state index is 13.9. The van der Waals surface area contributed by atoms with Gasteiger partial charge in [0.15, 0.2) is 11.5 Å². The molecule has 2 N–H and O–H groups in total. The number of hydrogen-bond donors (Lipinski definition) is 2. The van der Waals surface area contributed by atoms with E-state index >= 15 is 0 Å². The number of morpholine rings is 1. The molecule has 1 saturated carbocycles. The number of ether oxygens (including phenoxy) is 3. The number of rotatable bonds is 9. The number of nitrogens with zero attached hydrogens (tertiary/aromatic N) is 3. The average molecular weight is 744 g/mol. The van der Waals surface area contributed by atoms with Crippen LogP contribution >= 0.6 is 11.8 Å². The molecule has 3 aromatic rings. The van der Waals surface area contributed by atoms with Crippen LogP contribution in [0, 0.1) is 19.8 Å². The van der Waals surface area contributed by atoms with Gasteiger partial charge in [0.2, 0.25) is 0 Å². The molecular weight excluding hydrogens is 696 g/mol. The highest BCUT2D eigenvalue weighted by Crippen LogP contribution is 2.53. The third-order valence-electron chi connectivity index (χ3n) is 10.5. The third kappa shape index (κ3) is 8.08. The first-order chi connectivity index (χ1) is 24.5. The molecule has 3 atom stereocenters. The fraction of sp³-hybridized carbons (Fsp3) is 0.553. The number of aromatic amines is 1. The van der Waals surface area contributed by atoms with Gasteiger partial charge in [-0.15, -0.1) is 11.8 Å². The van der Waals surface area contributed by atoms with Gasteiger partial charge in [0.1, 0.15) is 5.82 Å². The van der Waals surface area contributed by atoms with Gasteiger partial charge in [-0.2, -0.15) is 13.2 Å². The van der Waals surface area contributed by atoms with Crippen molar-refractivity contribution in [2.24, 2.45) is 5.92 Å². The van der Waals surface area contributed by atoms with E-state index in [1.54, 1.807) is 12.3 Å². The van der Waals surface area contributed by atoms with Crippen LogP contribution in [0.4, 0.5) is 19.0 Å². The lowest BCUT2D eigenvalue weighted by atomic mass is 9.81. The van der Waals surface area contributed by atoms with Gasteiger partial charge in [0, 0.05) is 83.1 Å². The van der Waals surface area contributed by atoms with Crippen molar-refractivity contribution in [2.75, 3.05) is 37.8 Å². The highest BCUT2D eigenvalue weighted by molar-refractivity contribution is 7.98. The standard InChI is InChI=1S/C38H48F3N5O5S/c1-21-14-31(52-7)30(36(48)44-21)17-43-35(47)28-15-29(25-8-13-32(42-16-25)46-18-22(2)49-23(3)19-46)34-33(24(28)4)50-37(5,51-34)26-9-11-27(12-10-26)45(6)20-38(39,40)41/h8,13-16,22-23,26-27H,9-12,17-20H2,1-7H3,(H,43,47)(H,44,48)/t22-,23+,26?,27?,37?. The Bertz CT molecular complexity index is 1840. The number of aryl methyl sites for hydroxylation is 1. The zero-order valence-corrected chi connectivity index (χ0v) is 31.6. The molecule has 0 bridgehead atoms. The maximum Gasteiger partial charge on any atom is 0.401 e. The summed E-state index contributed by atoms with van der Waals surface area (Å²) in [6.07, 6.45) is 1.93. The van der Waals surface area contributed by atoms with Crippen LogP contribution in [-0.2, 0) is 11.3 Å². The highest BCUT2D eigenvalue weighted by Gasteiger charge is 2.48. The van der Waals surface area contributed by atoms with E-state index < -0.39 is 18.5 Å². The Balaban J connectivity index is 1.30. The summed E-state index contributed by atoms with van der Waals surface area (Å²) in [7, 11) is 1.53. The highest BCUT2D eigenvalue weighted by atomic mass is 32.2. The number of amides is 1. The summed E-state index contributed by atoms with van der Waals surface area (Å²) in [6, 6.07) is 7.39. The van der Waals surface area contributed by atoms with Crippen LogP contribution < -0.4 is 25.2 Å². The minimum absolute atomic E-state index is 0.0320. The second-order valence-electron chi connectivity index (χ2n) is 14.6. The number of alkyl halides is 3. The summed E-state index contributed by atoms with van der Waals surface area (Å²) in [6.45, 7) is 10.1. The number of carbonyl (C=O) groups is 1. The lowest BCUT2D eigenvalue weighted by Crippen LogP contribution is -2.48. The summed E-state index contributed by atoms with van der Waals surface area (Å²) >= 11 is 1.44. The van der Waals surface area contributed by atoms with Gasteiger partial charge in [0.05, 0.1) is 18.8 Å². The molecule has 1 saturated heterocycles. The number of fused-ring (bicyclic) bond motifs is 1. The monoisotopic (exact) mass is 743 g/mol. The first-order valence-electron chi connectivity index (χ1n) is 17.8. The van der Waals surface area contributed by atoms with Gasteiger partial charge in [-0.25, -0.2) is 4.98 Å². The molecule has 1 aliphatic carbocycles. The maximum absolute atomic E-state index is 13.9. The summed E-state index contributed by atoms with van der Waals surface area (Å²) in [5.41, 5.74) is 3.28. The second-order valence-corrected chi connectivity index (χ2v) is 15.4. The quantitative estimate of drug-likeness (QED) is 0.227. The second kappa shape index (κ2) is 14.9. The number of hydrogen-bond acceptors (Lipinski definition) is 9. The lowest BCUT2D eigenvalue weighted by molar-refractivity contribution is -0.153. The molecule has 2 fully saturated rings. The fourth-order valence-electron chi connectivity index (χ4n) is 7.85. The molecule has 52 heavy (non-hydrogen) atoms. The van der Waals surface area contributed by atoms with Crippen molar-refractivity contribution in [2.45, 2.75) is 102 Å². The smallest absolute Gasteiger partial charge is 0.401 e. The van der Waals surface area contributed by atoms with Crippen molar-refractivity contribution in [3.63, 3.8) is 0 Å². The first-order valence-corrected chi connectivity index (χ1v) is 19.0. The zero-order valence-electron chi connectivity index (χ0n) is 30.8. The minimum Gasteiger partial charge on any atom is -0.448 e. The number of halogens is 3. The van der Waals surface area contributed by atoms with Crippen molar-refractivity contribution in [3.05, 3.63) is 63.2 Å². The first kappa shape index (κ1) is 38.0. The van der Waals surface area contributed by atoms with Crippen molar-refractivity contribution >= 4 is 23.5 Å². The van der Waals surface area contributed by atoms with E-state index in [-0.39, 0.29) is 42.2 Å². The topological polar surface area (TPSA) is 109 Å². The van der Waals surface area contributed by atoms with Gasteiger partial charge in [-0.1, -0.05) is 0 Å². The Hall–Kier alpha value is -3.75. The van der Waals surface area contributed by atoms with Crippen molar-refractivity contribution in [3.8, 4) is 22.6 Å². The molecule has 1 amide bonds. The van der Waals surface area contributed by atoms with E-state index in [1.807, 2.05) is 59.1 Å². The molecule has 282 valence electrons. The molecule has 10 nitrogen and oxygen atoms in total. The molecule has 6 rings (SSSR count). The van der Waals surface area contributed by atoms with Crippen LogP contribution in [0.25, 0.3) is 11.1 Å². The van der Waals surface area contributed by atoms with Crippen LogP contribution in [0.15, 0.2) is 40.2 Å². The molecule has 14 heteroatoms. The molecule has 4 heterocycles. The summed E-state index contributed by atoms with van der Waals surface area (Å²) in [4.78, 5) is 38.7. The minimum atomic E-state index is -4.26. The van der Waals surface area contributed by atoms with Crippen molar-refractivity contribution in [1.29, 1.82) is 0 Å². The van der Waals surface area contributed by atoms with Crippen LogP contribution in [-0.4, -0.2) is 83.9 Å². The van der Waals surface area contributed by atoms with E-state index in [4.69, 9.17) is 19.2 Å². The van der Waals surface area contributed by atoms with E-state index in [9.17, 15) is 22.8 Å². The Morgan fingerprint density at radius 3 is 2.38 bits per heavy atom. The number of carbonyl (C=O) groups excluding carboxylic acids is 1. The van der Waals surface area contributed by atoms with Gasteiger partial charge < -0.3 is 29.4 Å². The molecule has 0 spiro atoms. The molecule has 2 aliphatic heterocycles. The normalized spacial score (nSPS) is 24.7. The molecule has 1 aromatic carbocycles. The largest absolute Gasteiger partial charge is 0.448 e. The Labute approximate surface area is 306 Å². The van der Waals surface area contributed by atoms with E-state index in [2.05, 4.69) is 15.2 Å². The summed E-state index contributed by atoms with van der Waals surface area (Å²) in [5.74, 6) is 0.189. The van der Waals surface area contributed by atoms with E-state index in [0.717, 1.165) is 22.0 Å². The lowest BCUT2D eigenvalue weighted by Gasteiger charge is -2.40. The Morgan fingerprint density at radius 2 is 1.77 bits per heavy atom. The number of nitrogens with one attached hydrogen (secondary N) is 2. The van der Waals surface area contributed by atoms with Crippen molar-refractivity contribution in [1.82, 2.24) is 20.2 Å². The van der Waals surface area contributed by atoms with Gasteiger partial charge >= 0.3 is 6.18 Å². The van der Waals surface area contributed by atoms with Crippen LogP contribution in [0.1, 0.15) is 73.6 Å². The number of aromatic nitrogens is 2. The van der Waals surface area contributed by atoms with Crippen LogP contribution in [0.5, 0.6) is 11.5 Å². The number of H-pyrrole nitrogens is 1. The molecule has 2 aromatic heterocycles. The van der Waals surface area contributed by atoms with Crippen molar-refractivity contribution < 1.29 is 32.2 Å². The van der Waals surface area contributed by atoms with Crippen LogP contribution in [0.2, 0.25) is 0 Å². The zero-order chi connectivity index (χ0) is 37.5. The van der Waals surface area contributed by atoms with E-state index in [0.29, 0.717) is 72.5 Å². The van der Waals surface area contributed by atoms with Gasteiger partial charge in [-0.05, 0) is 90.9 Å².